The normalized spacial score (nSPS) is 18.0. The molecule has 2 atom stereocenters. The van der Waals surface area contributed by atoms with E-state index in [1.807, 2.05) is 20.8 Å². The van der Waals surface area contributed by atoms with Crippen LogP contribution in [0.2, 0.25) is 0 Å². The van der Waals surface area contributed by atoms with E-state index in [0.29, 0.717) is 25.9 Å². The van der Waals surface area contributed by atoms with Gasteiger partial charge in [0.2, 0.25) is 0 Å². The maximum atomic E-state index is 12.1. The highest BCUT2D eigenvalue weighted by atomic mass is 31.2. The molecule has 0 heterocycles. The first-order chi connectivity index (χ1) is 10.2. The Bertz CT molecular complexity index is 335. The molecule has 0 aromatic carbocycles. The minimum Gasteiger partial charge on any atom is -0.396 e. The van der Waals surface area contributed by atoms with Crippen LogP contribution in [0.25, 0.3) is 0 Å². The van der Waals surface area contributed by atoms with E-state index in [2.05, 4.69) is 6.92 Å². The van der Waals surface area contributed by atoms with Crippen LogP contribution in [-0.4, -0.2) is 43.7 Å². The molecule has 0 radical (unpaired) electrons. The van der Waals surface area contributed by atoms with Crippen LogP contribution in [0, 0.1) is 0 Å². The fraction of sp³-hybridized carbons (Fsp3) is 1.00. The lowest BCUT2D eigenvalue weighted by atomic mass is 9.95. The summed E-state index contributed by atoms with van der Waals surface area (Å²) in [6, 6.07) is 0. The van der Waals surface area contributed by atoms with Gasteiger partial charge in [0.25, 0.3) is 0 Å². The van der Waals surface area contributed by atoms with E-state index in [9.17, 15) is 9.67 Å². The van der Waals surface area contributed by atoms with Crippen molar-refractivity contribution in [1.82, 2.24) is 0 Å². The minimum absolute atomic E-state index is 0.0978. The predicted molar refractivity (Wildman–Crippen MR) is 87.0 cm³/mol. The summed E-state index contributed by atoms with van der Waals surface area (Å²) in [5.41, 5.74) is -1.00. The van der Waals surface area contributed by atoms with Gasteiger partial charge >= 0.3 is 7.82 Å². The summed E-state index contributed by atoms with van der Waals surface area (Å²) in [7, 11) is -0.917. The molecule has 0 aliphatic carbocycles. The second kappa shape index (κ2) is 10.0. The van der Waals surface area contributed by atoms with Gasteiger partial charge in [-0.25, -0.2) is 4.57 Å². The molecule has 1 N–H and O–H groups in total. The second-order valence-electron chi connectivity index (χ2n) is 5.98. The van der Waals surface area contributed by atoms with Crippen molar-refractivity contribution in [3.8, 4) is 0 Å². The van der Waals surface area contributed by atoms with E-state index in [1.54, 1.807) is 0 Å². The standard InChI is InChI=1S/C15H33O6P/c1-7-9-15(4,10-12-16)20-13-11-14(3,8-2)21-22(17,18-5)19-6/h16H,7-13H2,1-6H3. The molecule has 134 valence electrons. The summed E-state index contributed by atoms with van der Waals surface area (Å²) in [4.78, 5) is 0. The Hall–Kier alpha value is 0.0300. The third-order valence-corrected chi connectivity index (χ3v) is 5.59. The number of hydrogen-bond acceptors (Lipinski definition) is 6. The zero-order valence-electron chi connectivity index (χ0n) is 14.9. The first-order valence-electron chi connectivity index (χ1n) is 7.89. The molecule has 0 saturated heterocycles. The highest BCUT2D eigenvalue weighted by Gasteiger charge is 2.36. The Kier molecular flexibility index (Phi) is 10.0. The van der Waals surface area contributed by atoms with Crippen LogP contribution >= 0.6 is 7.82 Å². The number of phosphoric acid groups is 1. The van der Waals surface area contributed by atoms with Crippen LogP contribution in [0.3, 0.4) is 0 Å². The fourth-order valence-electron chi connectivity index (χ4n) is 2.25. The maximum Gasteiger partial charge on any atom is 0.474 e. The summed E-state index contributed by atoms with van der Waals surface area (Å²) in [6.07, 6.45) is 3.67. The summed E-state index contributed by atoms with van der Waals surface area (Å²) in [5, 5.41) is 9.18. The number of rotatable bonds is 13. The lowest BCUT2D eigenvalue weighted by Crippen LogP contribution is -2.34. The van der Waals surface area contributed by atoms with Crippen molar-refractivity contribution in [2.75, 3.05) is 27.4 Å². The Morgan fingerprint density at radius 1 is 1.00 bits per heavy atom. The first-order valence-corrected chi connectivity index (χ1v) is 9.35. The molecule has 0 aromatic rings. The van der Waals surface area contributed by atoms with Gasteiger partial charge in [-0.05, 0) is 33.1 Å². The van der Waals surface area contributed by atoms with Gasteiger partial charge in [-0.1, -0.05) is 20.3 Å². The maximum absolute atomic E-state index is 12.1. The van der Waals surface area contributed by atoms with Crippen molar-refractivity contribution in [3.63, 3.8) is 0 Å². The lowest BCUT2D eigenvalue weighted by molar-refractivity contribution is -0.0748. The monoisotopic (exact) mass is 340 g/mol. The molecule has 0 aromatic heterocycles. The average molecular weight is 340 g/mol. The second-order valence-corrected chi connectivity index (χ2v) is 7.79. The van der Waals surface area contributed by atoms with Gasteiger partial charge < -0.3 is 9.84 Å². The molecular formula is C15H33O6P. The highest BCUT2D eigenvalue weighted by Crippen LogP contribution is 2.52. The Morgan fingerprint density at radius 2 is 1.59 bits per heavy atom. The van der Waals surface area contributed by atoms with Crippen molar-refractivity contribution >= 4 is 7.82 Å². The average Bonchev–Trinajstić information content (AvgIpc) is 2.47. The number of aliphatic hydroxyl groups is 1. The van der Waals surface area contributed by atoms with Crippen molar-refractivity contribution in [2.24, 2.45) is 0 Å². The summed E-state index contributed by atoms with van der Waals surface area (Å²) in [6.45, 7) is 8.46. The van der Waals surface area contributed by atoms with E-state index >= 15 is 0 Å². The Labute approximate surface area is 135 Å². The van der Waals surface area contributed by atoms with Crippen LogP contribution in [-0.2, 0) is 22.9 Å². The van der Waals surface area contributed by atoms with Crippen molar-refractivity contribution in [1.29, 1.82) is 0 Å². The quantitative estimate of drug-likeness (QED) is 0.512. The zero-order chi connectivity index (χ0) is 17.3. The highest BCUT2D eigenvalue weighted by molar-refractivity contribution is 7.48. The Morgan fingerprint density at radius 3 is 2.00 bits per heavy atom. The van der Waals surface area contributed by atoms with Crippen molar-refractivity contribution < 1.29 is 28.0 Å². The predicted octanol–water partition coefficient (Wildman–Crippen LogP) is 3.92. The summed E-state index contributed by atoms with van der Waals surface area (Å²) >= 11 is 0. The van der Waals surface area contributed by atoms with Gasteiger partial charge in [-0.3, -0.25) is 13.6 Å². The van der Waals surface area contributed by atoms with Crippen molar-refractivity contribution in [3.05, 3.63) is 0 Å². The van der Waals surface area contributed by atoms with E-state index in [-0.39, 0.29) is 12.2 Å². The molecule has 0 spiro atoms. The molecule has 0 aliphatic heterocycles. The van der Waals surface area contributed by atoms with Gasteiger partial charge in [0.15, 0.2) is 0 Å². The molecular weight excluding hydrogens is 307 g/mol. The molecule has 0 saturated carbocycles. The molecule has 22 heavy (non-hydrogen) atoms. The van der Waals surface area contributed by atoms with Gasteiger partial charge in [-0.15, -0.1) is 0 Å². The molecule has 6 nitrogen and oxygen atoms in total. The fourth-order valence-corrected chi connectivity index (χ4v) is 3.31. The number of ether oxygens (including phenoxy) is 1. The van der Waals surface area contributed by atoms with E-state index in [1.165, 1.54) is 14.2 Å². The molecule has 0 fully saturated rings. The smallest absolute Gasteiger partial charge is 0.396 e. The van der Waals surface area contributed by atoms with Crippen LogP contribution in [0.5, 0.6) is 0 Å². The third kappa shape index (κ3) is 7.53. The van der Waals surface area contributed by atoms with E-state index < -0.39 is 13.4 Å². The summed E-state index contributed by atoms with van der Waals surface area (Å²) in [5.74, 6) is 0. The number of aliphatic hydroxyl groups excluding tert-OH is 1. The number of hydrogen-bond donors (Lipinski definition) is 1. The lowest BCUT2D eigenvalue weighted by Gasteiger charge is -2.34. The largest absolute Gasteiger partial charge is 0.474 e. The molecule has 0 bridgehead atoms. The Balaban J connectivity index is 4.64. The third-order valence-electron chi connectivity index (χ3n) is 4.03. The minimum atomic E-state index is -3.52. The van der Waals surface area contributed by atoms with Crippen molar-refractivity contribution in [2.45, 2.75) is 71.0 Å². The SMILES string of the molecule is CCCC(C)(CCO)OCCC(C)(CC)OP(=O)(OC)OC. The van der Waals surface area contributed by atoms with Gasteiger partial charge in [0, 0.05) is 27.2 Å². The molecule has 7 heteroatoms. The van der Waals surface area contributed by atoms with Crippen LogP contribution in [0.4, 0.5) is 0 Å². The van der Waals surface area contributed by atoms with E-state index in [0.717, 1.165) is 12.8 Å². The van der Waals surface area contributed by atoms with E-state index in [4.69, 9.17) is 18.3 Å². The first kappa shape index (κ1) is 22.0. The topological polar surface area (TPSA) is 74.2 Å². The number of phosphoric ester groups is 1. The molecule has 0 aliphatic rings. The molecule has 0 rings (SSSR count). The summed E-state index contributed by atoms with van der Waals surface area (Å²) < 4.78 is 33.4. The van der Waals surface area contributed by atoms with Crippen LogP contribution in [0.15, 0.2) is 0 Å². The van der Waals surface area contributed by atoms with Crippen LogP contribution in [0.1, 0.15) is 59.8 Å². The van der Waals surface area contributed by atoms with Gasteiger partial charge in [0.05, 0.1) is 17.8 Å². The molecule has 2 unspecified atom stereocenters. The van der Waals surface area contributed by atoms with Gasteiger partial charge in [-0.2, -0.15) is 0 Å². The van der Waals surface area contributed by atoms with Crippen LogP contribution < -0.4 is 0 Å². The zero-order valence-corrected chi connectivity index (χ0v) is 15.8. The molecule has 0 amide bonds. The van der Waals surface area contributed by atoms with Gasteiger partial charge in [0.1, 0.15) is 0 Å².